The van der Waals surface area contributed by atoms with Crippen molar-refractivity contribution in [2.24, 2.45) is 11.3 Å². The number of carbonyl (C=O) groups is 1. The number of pyridine rings is 1. The minimum atomic E-state index is -0.0190. The third kappa shape index (κ3) is 3.24. The maximum atomic E-state index is 12.7. The van der Waals surface area contributed by atoms with Crippen molar-refractivity contribution < 1.29 is 4.79 Å². The molecule has 4 rings (SSSR count). The summed E-state index contributed by atoms with van der Waals surface area (Å²) in [6.45, 7) is 6.67. The van der Waals surface area contributed by atoms with Crippen molar-refractivity contribution in [3.05, 3.63) is 42.5 Å². The number of anilines is 1. The first kappa shape index (κ1) is 16.1. The summed E-state index contributed by atoms with van der Waals surface area (Å²) >= 11 is 0. The largest absolute Gasteiger partial charge is 0.324 e. The molecule has 132 valence electrons. The van der Waals surface area contributed by atoms with Crippen LogP contribution in [0.2, 0.25) is 0 Å². The number of likely N-dealkylation sites (tertiary alicyclic amines) is 2. The predicted octanol–water partition coefficient (Wildman–Crippen LogP) is 1.74. The molecule has 1 N–H and O–H groups in total. The minimum Gasteiger partial charge on any atom is -0.324 e. The molecule has 0 radical (unpaired) electrons. The van der Waals surface area contributed by atoms with E-state index in [-0.39, 0.29) is 11.4 Å². The van der Waals surface area contributed by atoms with Crippen molar-refractivity contribution in [3.63, 3.8) is 0 Å². The van der Waals surface area contributed by atoms with Gasteiger partial charge in [0, 0.05) is 55.9 Å². The average Bonchev–Trinajstić information content (AvgIpc) is 3.22. The molecule has 0 bridgehead atoms. The number of amides is 2. The van der Waals surface area contributed by atoms with Gasteiger partial charge in [0.25, 0.3) is 0 Å². The summed E-state index contributed by atoms with van der Waals surface area (Å²) in [5, 5.41) is 7.21. The first-order valence-corrected chi connectivity index (χ1v) is 8.69. The van der Waals surface area contributed by atoms with Gasteiger partial charge in [0.2, 0.25) is 0 Å². The molecular weight excluding hydrogens is 316 g/mol. The summed E-state index contributed by atoms with van der Waals surface area (Å²) in [6, 6.07) is 5.60. The van der Waals surface area contributed by atoms with Crippen LogP contribution >= 0.6 is 0 Å². The number of hydrogen-bond acceptors (Lipinski definition) is 4. The van der Waals surface area contributed by atoms with Crippen LogP contribution in [0.5, 0.6) is 0 Å². The smallest absolute Gasteiger partial charge is 0.321 e. The summed E-state index contributed by atoms with van der Waals surface area (Å²) in [5.41, 5.74) is 1.87. The van der Waals surface area contributed by atoms with Crippen LogP contribution in [-0.2, 0) is 6.54 Å². The zero-order valence-electron chi connectivity index (χ0n) is 14.7. The molecule has 4 heterocycles. The van der Waals surface area contributed by atoms with Crippen molar-refractivity contribution in [3.8, 4) is 0 Å². The molecule has 25 heavy (non-hydrogen) atoms. The van der Waals surface area contributed by atoms with E-state index in [1.54, 1.807) is 12.4 Å². The van der Waals surface area contributed by atoms with Crippen LogP contribution in [0.3, 0.4) is 0 Å². The van der Waals surface area contributed by atoms with Gasteiger partial charge in [-0.15, -0.1) is 0 Å². The van der Waals surface area contributed by atoms with Gasteiger partial charge in [0.05, 0.1) is 12.2 Å². The predicted molar refractivity (Wildman–Crippen MR) is 95.3 cm³/mol. The number of hydrogen-bond donors (Lipinski definition) is 1. The number of nitrogens with one attached hydrogen (secondary N) is 1. The highest BCUT2D eigenvalue weighted by Crippen LogP contribution is 2.41. The van der Waals surface area contributed by atoms with E-state index in [2.05, 4.69) is 34.3 Å². The van der Waals surface area contributed by atoms with Gasteiger partial charge in [-0.25, -0.2) is 4.79 Å². The van der Waals surface area contributed by atoms with Gasteiger partial charge in [0.15, 0.2) is 0 Å². The number of fused-ring (bicyclic) bond motifs is 1. The molecule has 2 saturated heterocycles. The lowest BCUT2D eigenvalue weighted by Crippen LogP contribution is -2.37. The lowest BCUT2D eigenvalue weighted by atomic mass is 9.83. The highest BCUT2D eigenvalue weighted by Gasteiger charge is 2.49. The summed E-state index contributed by atoms with van der Waals surface area (Å²) in [4.78, 5) is 21.3. The van der Waals surface area contributed by atoms with Crippen LogP contribution < -0.4 is 5.32 Å². The third-order valence-corrected chi connectivity index (χ3v) is 5.38. The van der Waals surface area contributed by atoms with Gasteiger partial charge in [-0.2, -0.15) is 5.10 Å². The number of rotatable bonds is 3. The van der Waals surface area contributed by atoms with E-state index in [1.807, 2.05) is 34.0 Å². The molecule has 2 aliphatic heterocycles. The Kier molecular flexibility index (Phi) is 3.95. The summed E-state index contributed by atoms with van der Waals surface area (Å²) < 4.78 is 1.81. The third-order valence-electron chi connectivity index (χ3n) is 5.38. The Bertz CT molecular complexity index is 761. The van der Waals surface area contributed by atoms with Gasteiger partial charge < -0.3 is 15.1 Å². The Morgan fingerprint density at radius 3 is 3.00 bits per heavy atom. The first-order chi connectivity index (χ1) is 12.0. The van der Waals surface area contributed by atoms with E-state index in [4.69, 9.17) is 0 Å². The molecule has 0 unspecified atom stereocenters. The summed E-state index contributed by atoms with van der Waals surface area (Å²) in [7, 11) is 2.16. The van der Waals surface area contributed by atoms with Crippen LogP contribution in [0.15, 0.2) is 36.8 Å². The van der Waals surface area contributed by atoms with E-state index in [0.29, 0.717) is 12.5 Å². The Hall–Kier alpha value is -2.41. The van der Waals surface area contributed by atoms with E-state index in [1.165, 1.54) is 0 Å². The highest BCUT2D eigenvalue weighted by atomic mass is 16.2. The zero-order chi connectivity index (χ0) is 17.4. The molecule has 2 aromatic rings. The molecule has 2 fully saturated rings. The van der Waals surface area contributed by atoms with Gasteiger partial charge in [-0.05, 0) is 31.2 Å². The molecule has 0 saturated carbocycles. The molecule has 7 nitrogen and oxygen atoms in total. The van der Waals surface area contributed by atoms with Crippen LogP contribution in [-0.4, -0.2) is 63.8 Å². The fourth-order valence-electron chi connectivity index (χ4n) is 4.19. The van der Waals surface area contributed by atoms with Gasteiger partial charge in [-0.1, -0.05) is 6.92 Å². The van der Waals surface area contributed by atoms with E-state index >= 15 is 0 Å². The van der Waals surface area contributed by atoms with E-state index in [0.717, 1.165) is 37.6 Å². The quantitative estimate of drug-likeness (QED) is 0.924. The molecule has 0 spiro atoms. The van der Waals surface area contributed by atoms with Crippen molar-refractivity contribution in [1.29, 1.82) is 0 Å². The second-order valence-electron chi connectivity index (χ2n) is 7.60. The van der Waals surface area contributed by atoms with E-state index in [9.17, 15) is 4.79 Å². The van der Waals surface area contributed by atoms with Crippen LogP contribution in [0.1, 0.15) is 12.6 Å². The maximum absolute atomic E-state index is 12.7. The standard InChI is InChI=1S/C18H24N6O/c1-18-12-22(2)9-14(18)10-23(13-18)17(25)21-15-4-6-19-16(8-15)11-24-7-3-5-20-24/h3-8,14H,9-13H2,1-2H3,(H,19,21,25)/t14-,18+/m1/s1. The van der Waals surface area contributed by atoms with Crippen molar-refractivity contribution in [2.45, 2.75) is 13.5 Å². The summed E-state index contributed by atoms with van der Waals surface area (Å²) in [6.07, 6.45) is 5.37. The fraction of sp³-hybridized carbons (Fsp3) is 0.500. The Morgan fingerprint density at radius 2 is 2.24 bits per heavy atom. The molecular formula is C18H24N6O. The molecule has 2 aliphatic rings. The molecule has 2 amide bonds. The zero-order valence-corrected chi connectivity index (χ0v) is 14.7. The molecule has 0 aromatic carbocycles. The Morgan fingerprint density at radius 1 is 1.36 bits per heavy atom. The second-order valence-corrected chi connectivity index (χ2v) is 7.60. The second kappa shape index (κ2) is 6.15. The van der Waals surface area contributed by atoms with Crippen LogP contribution in [0.25, 0.3) is 0 Å². The Labute approximate surface area is 147 Å². The number of aromatic nitrogens is 3. The highest BCUT2D eigenvalue weighted by molar-refractivity contribution is 5.89. The van der Waals surface area contributed by atoms with Crippen LogP contribution in [0.4, 0.5) is 10.5 Å². The molecule has 0 aliphatic carbocycles. The lowest BCUT2D eigenvalue weighted by molar-refractivity contribution is 0.209. The van der Waals surface area contributed by atoms with Gasteiger partial charge in [0.1, 0.15) is 0 Å². The number of urea groups is 1. The van der Waals surface area contributed by atoms with Crippen molar-refractivity contribution in [2.75, 3.05) is 38.5 Å². The summed E-state index contributed by atoms with van der Waals surface area (Å²) in [5.74, 6) is 0.566. The maximum Gasteiger partial charge on any atom is 0.321 e. The fourth-order valence-corrected chi connectivity index (χ4v) is 4.19. The Balaban J connectivity index is 1.40. The molecule has 7 heteroatoms. The molecule has 2 aromatic heterocycles. The van der Waals surface area contributed by atoms with Crippen molar-refractivity contribution in [1.82, 2.24) is 24.6 Å². The van der Waals surface area contributed by atoms with E-state index < -0.39 is 0 Å². The monoisotopic (exact) mass is 340 g/mol. The normalized spacial score (nSPS) is 26.0. The van der Waals surface area contributed by atoms with Crippen molar-refractivity contribution >= 4 is 11.7 Å². The average molecular weight is 340 g/mol. The van der Waals surface area contributed by atoms with Crippen LogP contribution in [0, 0.1) is 11.3 Å². The topological polar surface area (TPSA) is 66.3 Å². The van der Waals surface area contributed by atoms with Gasteiger partial charge >= 0.3 is 6.03 Å². The number of nitrogens with zero attached hydrogens (tertiary/aromatic N) is 5. The molecule has 2 atom stereocenters. The first-order valence-electron chi connectivity index (χ1n) is 8.69. The lowest BCUT2D eigenvalue weighted by Gasteiger charge is -2.24. The SMILES string of the molecule is CN1C[C@@H]2CN(C(=O)Nc3ccnc(Cn4cccn4)c3)C[C@]2(C)C1. The minimum absolute atomic E-state index is 0.0190. The number of carbonyl (C=O) groups excluding carboxylic acids is 1. The van der Waals surface area contributed by atoms with Gasteiger partial charge in [-0.3, -0.25) is 9.67 Å².